The lowest BCUT2D eigenvalue weighted by molar-refractivity contribution is 0.0811. The minimum atomic E-state index is -0.419. The van der Waals surface area contributed by atoms with Gasteiger partial charge in [0.05, 0.1) is 19.2 Å². The second kappa shape index (κ2) is 7.53. The van der Waals surface area contributed by atoms with Crippen molar-refractivity contribution in [2.75, 3.05) is 26.7 Å². The van der Waals surface area contributed by atoms with E-state index >= 15 is 0 Å². The number of piperidine rings is 1. The van der Waals surface area contributed by atoms with Crippen LogP contribution in [0, 0.1) is 11.7 Å². The Labute approximate surface area is 140 Å². The van der Waals surface area contributed by atoms with Gasteiger partial charge in [-0.2, -0.15) is 5.10 Å². The Bertz CT molecular complexity index is 690. The highest BCUT2D eigenvalue weighted by Crippen LogP contribution is 2.27. The summed E-state index contributed by atoms with van der Waals surface area (Å²) in [5.41, 5.74) is 0.334. The van der Waals surface area contributed by atoms with Crippen molar-refractivity contribution in [3.63, 3.8) is 0 Å². The van der Waals surface area contributed by atoms with E-state index in [1.165, 1.54) is 31.6 Å². The number of ether oxygens (including phenoxy) is 1. The molecule has 2 heterocycles. The van der Waals surface area contributed by atoms with E-state index in [4.69, 9.17) is 4.74 Å². The van der Waals surface area contributed by atoms with Crippen molar-refractivity contribution in [1.82, 2.24) is 19.7 Å². The molecule has 0 bridgehead atoms. The molecule has 1 fully saturated rings. The third kappa shape index (κ3) is 3.79. The summed E-state index contributed by atoms with van der Waals surface area (Å²) in [6.07, 6.45) is 4.96. The first-order valence-corrected chi connectivity index (χ1v) is 8.10. The summed E-state index contributed by atoms with van der Waals surface area (Å²) in [5.74, 6) is -0.166. The maximum Gasteiger partial charge on any atom is 0.171 e. The van der Waals surface area contributed by atoms with Gasteiger partial charge < -0.3 is 9.64 Å². The van der Waals surface area contributed by atoms with Gasteiger partial charge in [0, 0.05) is 19.0 Å². The maximum atomic E-state index is 13.5. The van der Waals surface area contributed by atoms with Crippen LogP contribution in [0.4, 0.5) is 4.39 Å². The summed E-state index contributed by atoms with van der Waals surface area (Å²) in [5, 5.41) is 4.09. The monoisotopic (exact) mass is 332 g/mol. The van der Waals surface area contributed by atoms with Gasteiger partial charge >= 0.3 is 0 Å². The summed E-state index contributed by atoms with van der Waals surface area (Å²) >= 11 is 0. The topological polar surface area (TPSA) is 60.2 Å². The average molecular weight is 332 g/mol. The van der Waals surface area contributed by atoms with E-state index in [0.29, 0.717) is 17.9 Å². The van der Waals surface area contributed by atoms with E-state index in [-0.39, 0.29) is 11.7 Å². The molecule has 1 aromatic carbocycles. The zero-order valence-corrected chi connectivity index (χ0v) is 13.7. The fourth-order valence-electron chi connectivity index (χ4n) is 3.16. The lowest BCUT2D eigenvalue weighted by Gasteiger charge is -2.32. The van der Waals surface area contributed by atoms with Crippen molar-refractivity contribution in [3.05, 3.63) is 42.2 Å². The molecule has 0 aliphatic carbocycles. The normalized spacial score (nSPS) is 18.5. The number of Topliss-reactive ketones (excluding diaryl/α,β-unsaturated/α-hetero) is 1. The lowest BCUT2D eigenvalue weighted by Crippen LogP contribution is -2.40. The second-order valence-electron chi connectivity index (χ2n) is 6.01. The predicted octanol–water partition coefficient (Wildman–Crippen LogP) is 2.02. The highest BCUT2D eigenvalue weighted by atomic mass is 19.1. The Morgan fingerprint density at radius 3 is 3.04 bits per heavy atom. The van der Waals surface area contributed by atoms with Crippen LogP contribution in [0.5, 0.6) is 5.75 Å². The van der Waals surface area contributed by atoms with Crippen LogP contribution in [-0.2, 0) is 6.54 Å². The largest absolute Gasteiger partial charge is 0.496 e. The van der Waals surface area contributed by atoms with Crippen LogP contribution in [0.3, 0.4) is 0 Å². The molecule has 24 heavy (non-hydrogen) atoms. The molecule has 0 radical (unpaired) electrons. The molecule has 1 atom stereocenters. The minimum Gasteiger partial charge on any atom is -0.496 e. The number of methoxy groups -OCH3 is 1. The summed E-state index contributed by atoms with van der Waals surface area (Å²) in [4.78, 5) is 19.0. The molecule has 0 amide bonds. The van der Waals surface area contributed by atoms with Crippen molar-refractivity contribution >= 4 is 5.78 Å². The number of carbonyl (C=O) groups excluding carboxylic acids is 1. The zero-order valence-electron chi connectivity index (χ0n) is 13.7. The van der Waals surface area contributed by atoms with Crippen molar-refractivity contribution in [2.45, 2.75) is 19.4 Å². The predicted molar refractivity (Wildman–Crippen MR) is 86.5 cm³/mol. The molecule has 0 spiro atoms. The van der Waals surface area contributed by atoms with E-state index in [9.17, 15) is 9.18 Å². The van der Waals surface area contributed by atoms with Crippen LogP contribution in [0.15, 0.2) is 30.9 Å². The van der Waals surface area contributed by atoms with Crippen LogP contribution in [0.2, 0.25) is 0 Å². The van der Waals surface area contributed by atoms with Gasteiger partial charge in [0.1, 0.15) is 24.2 Å². The fraction of sp³-hybridized carbons (Fsp3) is 0.471. The van der Waals surface area contributed by atoms with Crippen LogP contribution in [-0.4, -0.2) is 52.2 Å². The number of carbonyl (C=O) groups is 1. The van der Waals surface area contributed by atoms with Gasteiger partial charge in [-0.1, -0.05) is 0 Å². The number of ketones is 1. The molecule has 128 valence electrons. The number of hydrogen-bond donors (Lipinski definition) is 0. The summed E-state index contributed by atoms with van der Waals surface area (Å²) in [7, 11) is 1.50. The van der Waals surface area contributed by atoms with E-state index in [1.807, 2.05) is 0 Å². The first-order valence-electron chi connectivity index (χ1n) is 8.10. The number of aromatic nitrogens is 3. The Hall–Kier alpha value is -2.28. The maximum absolute atomic E-state index is 13.5. The fourth-order valence-corrected chi connectivity index (χ4v) is 3.16. The molecule has 1 aliphatic rings. The first kappa shape index (κ1) is 16.6. The van der Waals surface area contributed by atoms with E-state index in [2.05, 4.69) is 15.0 Å². The van der Waals surface area contributed by atoms with E-state index < -0.39 is 5.82 Å². The third-order valence-electron chi connectivity index (χ3n) is 4.42. The molecule has 1 saturated heterocycles. The van der Waals surface area contributed by atoms with Gasteiger partial charge in [0.2, 0.25) is 0 Å². The zero-order chi connectivity index (χ0) is 16.9. The van der Waals surface area contributed by atoms with E-state index in [0.717, 1.165) is 32.5 Å². The second-order valence-corrected chi connectivity index (χ2v) is 6.01. The number of benzene rings is 1. The Morgan fingerprint density at radius 2 is 2.29 bits per heavy atom. The Kier molecular flexibility index (Phi) is 5.20. The smallest absolute Gasteiger partial charge is 0.171 e. The number of hydrogen-bond acceptors (Lipinski definition) is 5. The summed E-state index contributed by atoms with van der Waals surface area (Å²) in [6, 6.07) is 4.09. The first-order chi connectivity index (χ1) is 11.7. The number of halogens is 1. The van der Waals surface area contributed by atoms with Crippen molar-refractivity contribution in [3.8, 4) is 5.75 Å². The van der Waals surface area contributed by atoms with Crippen molar-refractivity contribution in [2.24, 2.45) is 5.92 Å². The standard InChI is InChI=1S/C17H21FN4O2/c1-24-16-5-4-14(18)9-15(16)17(23)13-3-2-6-21(10-13)7-8-22-12-19-11-20-22/h4-5,9,11-13H,2-3,6-8,10H2,1H3/t13-/m1/s1. The quantitative estimate of drug-likeness (QED) is 0.758. The van der Waals surface area contributed by atoms with Crippen LogP contribution in [0.1, 0.15) is 23.2 Å². The number of likely N-dealkylation sites (tertiary alicyclic amines) is 1. The van der Waals surface area contributed by atoms with Gasteiger partial charge in [-0.3, -0.25) is 9.48 Å². The Morgan fingerprint density at radius 1 is 1.42 bits per heavy atom. The van der Waals surface area contributed by atoms with Gasteiger partial charge in [-0.05, 0) is 37.6 Å². The lowest BCUT2D eigenvalue weighted by atomic mass is 9.89. The molecule has 1 aromatic heterocycles. The number of nitrogens with zero attached hydrogens (tertiary/aromatic N) is 4. The average Bonchev–Trinajstić information content (AvgIpc) is 3.13. The van der Waals surface area contributed by atoms with Crippen LogP contribution >= 0.6 is 0 Å². The minimum absolute atomic E-state index is 0.0446. The van der Waals surface area contributed by atoms with Crippen molar-refractivity contribution in [1.29, 1.82) is 0 Å². The highest BCUT2D eigenvalue weighted by molar-refractivity contribution is 6.00. The molecule has 2 aromatic rings. The van der Waals surface area contributed by atoms with E-state index in [1.54, 1.807) is 11.0 Å². The molecule has 0 saturated carbocycles. The molecule has 1 aliphatic heterocycles. The SMILES string of the molecule is COc1ccc(F)cc1C(=O)[C@@H]1CCCN(CCn2cncn2)C1. The molecule has 7 heteroatoms. The molecule has 0 unspecified atom stereocenters. The Balaban J connectivity index is 1.65. The summed E-state index contributed by atoms with van der Waals surface area (Å²) in [6.45, 7) is 3.18. The van der Waals surface area contributed by atoms with Gasteiger partial charge in [-0.15, -0.1) is 0 Å². The summed E-state index contributed by atoms with van der Waals surface area (Å²) < 4.78 is 20.5. The van der Waals surface area contributed by atoms with Gasteiger partial charge in [-0.25, -0.2) is 9.37 Å². The molecule has 3 rings (SSSR count). The van der Waals surface area contributed by atoms with Crippen LogP contribution < -0.4 is 4.74 Å². The van der Waals surface area contributed by atoms with Crippen molar-refractivity contribution < 1.29 is 13.9 Å². The number of rotatable bonds is 6. The molecule has 6 nitrogen and oxygen atoms in total. The molecular weight excluding hydrogens is 311 g/mol. The van der Waals surface area contributed by atoms with Gasteiger partial charge in [0.25, 0.3) is 0 Å². The van der Waals surface area contributed by atoms with Gasteiger partial charge in [0.15, 0.2) is 5.78 Å². The highest BCUT2D eigenvalue weighted by Gasteiger charge is 2.28. The third-order valence-corrected chi connectivity index (χ3v) is 4.42. The van der Waals surface area contributed by atoms with Crippen LogP contribution in [0.25, 0.3) is 0 Å². The molecular formula is C17H21FN4O2. The molecule has 0 N–H and O–H groups in total.